The van der Waals surface area contributed by atoms with Gasteiger partial charge in [-0.1, -0.05) is 45.8 Å². The van der Waals surface area contributed by atoms with Crippen LogP contribution in [0.25, 0.3) is 10.6 Å². The second-order valence-corrected chi connectivity index (χ2v) is 6.09. The third-order valence-electron chi connectivity index (χ3n) is 2.31. The van der Waals surface area contributed by atoms with Gasteiger partial charge in [0.15, 0.2) is 5.01 Å². The molecule has 1 aromatic heterocycles. The molecule has 2 rings (SSSR count). The summed E-state index contributed by atoms with van der Waals surface area (Å²) < 4.78 is 27.0. The number of aromatic nitrogens is 2. The van der Waals surface area contributed by atoms with Crippen molar-refractivity contribution in [1.29, 1.82) is 0 Å². The first-order valence-corrected chi connectivity index (χ1v) is 7.26. The van der Waals surface area contributed by atoms with Crippen molar-refractivity contribution in [3.8, 4) is 10.6 Å². The van der Waals surface area contributed by atoms with Gasteiger partial charge >= 0.3 is 0 Å². The Morgan fingerprint density at radius 2 is 2.06 bits per heavy atom. The minimum atomic E-state index is -0.671. The molecule has 1 heterocycles. The van der Waals surface area contributed by atoms with E-state index in [2.05, 4.69) is 26.1 Å². The normalized spacial score (nSPS) is 12.7. The van der Waals surface area contributed by atoms with E-state index in [4.69, 9.17) is 11.6 Å². The van der Waals surface area contributed by atoms with E-state index in [9.17, 15) is 8.78 Å². The molecule has 1 unspecified atom stereocenters. The summed E-state index contributed by atoms with van der Waals surface area (Å²) in [5, 5.41) is 8.67. The summed E-state index contributed by atoms with van der Waals surface area (Å²) >= 11 is 10.2. The van der Waals surface area contributed by atoms with Gasteiger partial charge in [-0.15, -0.1) is 10.2 Å². The quantitative estimate of drug-likeness (QED) is 0.574. The van der Waals surface area contributed by atoms with Crippen LogP contribution in [-0.4, -0.2) is 10.2 Å². The van der Waals surface area contributed by atoms with E-state index in [0.717, 1.165) is 23.6 Å². The Morgan fingerprint density at radius 3 is 2.72 bits per heavy atom. The van der Waals surface area contributed by atoms with Crippen molar-refractivity contribution in [2.75, 3.05) is 0 Å². The van der Waals surface area contributed by atoms with Gasteiger partial charge in [0.2, 0.25) is 0 Å². The zero-order valence-electron chi connectivity index (χ0n) is 9.25. The van der Waals surface area contributed by atoms with Crippen molar-refractivity contribution < 1.29 is 8.78 Å². The summed E-state index contributed by atoms with van der Waals surface area (Å²) in [6.45, 7) is 1.99. The fourth-order valence-corrected chi connectivity index (χ4v) is 2.78. The maximum Gasteiger partial charge on any atom is 0.150 e. The zero-order chi connectivity index (χ0) is 13.3. The van der Waals surface area contributed by atoms with Gasteiger partial charge in [-0.05, 0) is 18.6 Å². The highest BCUT2D eigenvalue weighted by Crippen LogP contribution is 2.34. The van der Waals surface area contributed by atoms with Gasteiger partial charge < -0.3 is 0 Å². The highest BCUT2D eigenvalue weighted by atomic mass is 79.9. The van der Waals surface area contributed by atoms with E-state index in [1.807, 2.05) is 6.92 Å². The number of alkyl halides is 1. The van der Waals surface area contributed by atoms with Crippen molar-refractivity contribution in [3.05, 3.63) is 33.8 Å². The lowest BCUT2D eigenvalue weighted by atomic mass is 10.2. The number of benzene rings is 1. The fraction of sp³-hybridized carbons (Fsp3) is 0.273. The van der Waals surface area contributed by atoms with Gasteiger partial charge in [0, 0.05) is 0 Å². The van der Waals surface area contributed by atoms with E-state index in [0.29, 0.717) is 5.01 Å². The molecule has 0 spiro atoms. The van der Waals surface area contributed by atoms with Crippen LogP contribution in [0.4, 0.5) is 8.78 Å². The Labute approximate surface area is 120 Å². The first kappa shape index (κ1) is 13.8. The smallest absolute Gasteiger partial charge is 0.150 e. The third-order valence-corrected chi connectivity index (χ3v) is 5.05. The van der Waals surface area contributed by atoms with Crippen LogP contribution in [0.15, 0.2) is 12.1 Å². The Kier molecular flexibility index (Phi) is 4.29. The molecule has 0 aliphatic heterocycles. The molecule has 0 radical (unpaired) electrons. The van der Waals surface area contributed by atoms with Crippen LogP contribution < -0.4 is 0 Å². The van der Waals surface area contributed by atoms with Gasteiger partial charge in [-0.2, -0.15) is 0 Å². The number of hydrogen-bond donors (Lipinski definition) is 0. The van der Waals surface area contributed by atoms with E-state index in [-0.39, 0.29) is 15.4 Å². The highest BCUT2D eigenvalue weighted by molar-refractivity contribution is 9.09. The second-order valence-electron chi connectivity index (χ2n) is 3.57. The minimum absolute atomic E-state index is 0.0731. The summed E-state index contributed by atoms with van der Waals surface area (Å²) in [7, 11) is 0. The van der Waals surface area contributed by atoms with Crippen LogP contribution in [-0.2, 0) is 0 Å². The van der Waals surface area contributed by atoms with Crippen LogP contribution in [0.3, 0.4) is 0 Å². The molecule has 0 saturated carbocycles. The molecule has 96 valence electrons. The molecule has 2 nitrogen and oxygen atoms in total. The first-order chi connectivity index (χ1) is 8.52. The van der Waals surface area contributed by atoms with Crippen molar-refractivity contribution >= 4 is 38.9 Å². The Hall–Kier alpha value is -0.590. The molecule has 2 aromatic rings. The Balaban J connectivity index is 2.43. The fourth-order valence-electron chi connectivity index (χ4n) is 1.33. The molecule has 0 saturated heterocycles. The lowest BCUT2D eigenvalue weighted by Gasteiger charge is -2.01. The predicted molar refractivity (Wildman–Crippen MR) is 72.2 cm³/mol. The van der Waals surface area contributed by atoms with E-state index in [1.165, 1.54) is 11.3 Å². The number of halogens is 4. The molecule has 0 aliphatic rings. The number of rotatable bonds is 3. The van der Waals surface area contributed by atoms with Crippen LogP contribution in [0.2, 0.25) is 5.02 Å². The topological polar surface area (TPSA) is 25.8 Å². The van der Waals surface area contributed by atoms with E-state index in [1.54, 1.807) is 0 Å². The van der Waals surface area contributed by atoms with Crippen LogP contribution in [0.1, 0.15) is 23.2 Å². The van der Waals surface area contributed by atoms with Gasteiger partial charge in [0.05, 0.1) is 15.4 Å². The van der Waals surface area contributed by atoms with Gasteiger partial charge in [0.1, 0.15) is 16.6 Å². The lowest BCUT2D eigenvalue weighted by molar-refractivity contribution is 0.603. The molecule has 1 aromatic carbocycles. The first-order valence-electron chi connectivity index (χ1n) is 5.15. The Morgan fingerprint density at radius 1 is 1.33 bits per heavy atom. The molecule has 0 bridgehead atoms. The van der Waals surface area contributed by atoms with Crippen molar-refractivity contribution in [3.63, 3.8) is 0 Å². The zero-order valence-corrected chi connectivity index (χ0v) is 12.4. The minimum Gasteiger partial charge on any atom is -0.206 e. The molecule has 1 atom stereocenters. The lowest BCUT2D eigenvalue weighted by Crippen LogP contribution is -1.87. The predicted octanol–water partition coefficient (Wildman–Crippen LogP) is 4.98. The molecule has 0 N–H and O–H groups in total. The molecule has 0 aliphatic carbocycles. The van der Waals surface area contributed by atoms with Gasteiger partial charge in [-0.25, -0.2) is 8.78 Å². The van der Waals surface area contributed by atoms with Crippen LogP contribution >= 0.6 is 38.9 Å². The SMILES string of the molecule is CCC(Br)c1nnc(-c2cc(F)c(Cl)cc2F)s1. The summed E-state index contributed by atoms with van der Waals surface area (Å²) in [6, 6.07) is 1.98. The van der Waals surface area contributed by atoms with Crippen molar-refractivity contribution in [2.24, 2.45) is 0 Å². The molecular formula is C11H8BrClF2N2S. The van der Waals surface area contributed by atoms with Gasteiger partial charge in [0.25, 0.3) is 0 Å². The van der Waals surface area contributed by atoms with Crippen molar-refractivity contribution in [2.45, 2.75) is 18.2 Å². The van der Waals surface area contributed by atoms with Crippen LogP contribution in [0, 0.1) is 11.6 Å². The monoisotopic (exact) mass is 352 g/mol. The van der Waals surface area contributed by atoms with Crippen LogP contribution in [0.5, 0.6) is 0 Å². The van der Waals surface area contributed by atoms with Crippen molar-refractivity contribution in [1.82, 2.24) is 10.2 Å². The Bertz CT molecular complexity index is 576. The molecule has 18 heavy (non-hydrogen) atoms. The summed E-state index contributed by atoms with van der Waals surface area (Å²) in [5.41, 5.74) is 0.0800. The maximum atomic E-state index is 13.7. The second kappa shape index (κ2) is 5.59. The summed E-state index contributed by atoms with van der Waals surface area (Å²) in [4.78, 5) is 0.0731. The highest BCUT2D eigenvalue weighted by Gasteiger charge is 2.17. The summed E-state index contributed by atoms with van der Waals surface area (Å²) in [6.07, 6.45) is 0.839. The standard InChI is InChI=1S/C11H8BrClF2N2S/c1-2-6(12)11-17-16-10(18-11)5-3-9(15)7(13)4-8(5)14/h3-4,6H,2H2,1H3. The maximum absolute atomic E-state index is 13.7. The summed E-state index contributed by atoms with van der Waals surface area (Å²) in [5.74, 6) is -1.28. The molecule has 7 heteroatoms. The average Bonchev–Trinajstić information content (AvgIpc) is 2.82. The van der Waals surface area contributed by atoms with E-state index < -0.39 is 11.6 Å². The van der Waals surface area contributed by atoms with E-state index >= 15 is 0 Å². The molecule has 0 amide bonds. The number of hydrogen-bond acceptors (Lipinski definition) is 3. The average molecular weight is 354 g/mol. The number of nitrogens with zero attached hydrogens (tertiary/aromatic N) is 2. The molecule has 0 fully saturated rings. The molecular weight excluding hydrogens is 346 g/mol. The van der Waals surface area contributed by atoms with Gasteiger partial charge in [-0.3, -0.25) is 0 Å². The largest absolute Gasteiger partial charge is 0.206 e. The third kappa shape index (κ3) is 2.70.